The lowest BCUT2D eigenvalue weighted by Gasteiger charge is -2.05. The molecule has 0 atom stereocenters. The van der Waals surface area contributed by atoms with Crippen molar-refractivity contribution in [2.45, 2.75) is 0 Å². The van der Waals surface area contributed by atoms with Crippen molar-refractivity contribution in [1.82, 2.24) is 14.8 Å². The van der Waals surface area contributed by atoms with E-state index in [1.807, 2.05) is 6.07 Å². The van der Waals surface area contributed by atoms with Crippen LogP contribution in [0.1, 0.15) is 10.4 Å². The largest absolute Gasteiger partial charge is 0.497 e. The van der Waals surface area contributed by atoms with Crippen LogP contribution in [0.5, 0.6) is 5.75 Å². The number of aromatic nitrogens is 3. The summed E-state index contributed by atoms with van der Waals surface area (Å²) >= 11 is 6.08. The Morgan fingerprint density at radius 1 is 1.25 bits per heavy atom. The monoisotopic (exact) mass is 397 g/mol. The van der Waals surface area contributed by atoms with Gasteiger partial charge in [0.15, 0.2) is 11.5 Å². The molecule has 0 amide bonds. The number of fused-ring (bicyclic) bond motifs is 2. The lowest BCUT2D eigenvalue weighted by atomic mass is 10.1. The molecule has 2 aromatic carbocycles. The van der Waals surface area contributed by atoms with Crippen molar-refractivity contribution in [1.29, 1.82) is 0 Å². The van der Waals surface area contributed by atoms with E-state index in [1.165, 1.54) is 12.1 Å². The number of hydrogen-bond donors (Lipinski definition) is 1. The van der Waals surface area contributed by atoms with Crippen molar-refractivity contribution in [3.8, 4) is 5.75 Å². The van der Waals surface area contributed by atoms with E-state index in [-0.39, 0.29) is 27.7 Å². The molecule has 4 aromatic rings. The second-order valence-corrected chi connectivity index (χ2v) is 6.35. The van der Waals surface area contributed by atoms with Crippen molar-refractivity contribution in [2.24, 2.45) is 0 Å². The number of nitrogen functional groups attached to an aromatic ring is 1. The lowest BCUT2D eigenvalue weighted by Crippen LogP contribution is -2.15. The molecule has 2 N–H and O–H groups in total. The summed E-state index contributed by atoms with van der Waals surface area (Å²) in [5.74, 6) is 0.145. The van der Waals surface area contributed by atoms with Crippen LogP contribution in [0, 0.1) is 10.1 Å². The normalized spacial score (nSPS) is 11.1. The van der Waals surface area contributed by atoms with Gasteiger partial charge >= 0.3 is 0 Å². The number of carbonyl (C=O) groups excluding carboxylic acids is 1. The third kappa shape index (κ3) is 2.78. The maximum Gasteiger partial charge on any atom is 0.281 e. The Morgan fingerprint density at radius 3 is 2.71 bits per heavy atom. The van der Waals surface area contributed by atoms with Crippen LogP contribution in [0.25, 0.3) is 21.9 Å². The van der Waals surface area contributed by atoms with Gasteiger partial charge in [-0.05, 0) is 24.3 Å². The molecule has 140 valence electrons. The number of nitrogens with two attached hydrogens (primary N) is 1. The summed E-state index contributed by atoms with van der Waals surface area (Å²) in [6, 6.07) is 10.7. The topological polar surface area (TPSA) is 126 Å². The minimum atomic E-state index is -0.601. The molecule has 4 rings (SSSR count). The molecule has 0 saturated heterocycles. The van der Waals surface area contributed by atoms with Gasteiger partial charge in [-0.2, -0.15) is 4.68 Å². The Labute approximate surface area is 162 Å². The van der Waals surface area contributed by atoms with Crippen molar-refractivity contribution < 1.29 is 14.5 Å². The van der Waals surface area contributed by atoms with Gasteiger partial charge in [-0.3, -0.25) is 14.9 Å². The second-order valence-electron chi connectivity index (χ2n) is 5.94. The van der Waals surface area contributed by atoms with E-state index in [0.29, 0.717) is 16.7 Å². The fraction of sp³-hybridized carbons (Fsp3) is 0.0556. The molecule has 2 aromatic heterocycles. The number of carbonyl (C=O) groups is 1. The van der Waals surface area contributed by atoms with Crippen LogP contribution in [-0.2, 0) is 0 Å². The number of nitro groups is 1. The molecule has 0 fully saturated rings. The van der Waals surface area contributed by atoms with Crippen LogP contribution in [0.3, 0.4) is 0 Å². The van der Waals surface area contributed by atoms with E-state index in [2.05, 4.69) is 10.1 Å². The highest BCUT2D eigenvalue weighted by Crippen LogP contribution is 2.28. The molecule has 0 aliphatic rings. The number of non-ortho nitro benzene ring substituents is 1. The Balaban J connectivity index is 1.89. The first-order valence-electron chi connectivity index (χ1n) is 8.00. The average molecular weight is 398 g/mol. The fourth-order valence-corrected chi connectivity index (χ4v) is 3.12. The van der Waals surface area contributed by atoms with Gasteiger partial charge in [0.05, 0.1) is 33.5 Å². The molecule has 28 heavy (non-hydrogen) atoms. The summed E-state index contributed by atoms with van der Waals surface area (Å²) < 4.78 is 6.24. The molecule has 0 bridgehead atoms. The predicted octanol–water partition coefficient (Wildman–Crippen LogP) is 3.43. The summed E-state index contributed by atoms with van der Waals surface area (Å²) in [5.41, 5.74) is 6.64. The number of rotatable bonds is 3. The van der Waals surface area contributed by atoms with Crippen LogP contribution in [0.4, 0.5) is 11.5 Å². The molecule has 0 aliphatic carbocycles. The molecule has 2 heterocycles. The number of methoxy groups -OCH3 is 1. The van der Waals surface area contributed by atoms with Gasteiger partial charge in [-0.25, -0.2) is 4.98 Å². The number of benzene rings is 2. The van der Waals surface area contributed by atoms with Crippen molar-refractivity contribution in [3.63, 3.8) is 0 Å². The Hall–Kier alpha value is -3.72. The summed E-state index contributed by atoms with van der Waals surface area (Å²) in [4.78, 5) is 27.7. The standard InChI is InChI=1S/C18H12ClN5O4/c1-28-11-4-2-9-6-13-16(20)22-23(17(13)21-15(9)8-11)18(25)12-5-3-10(24(26)27)7-14(12)19/h2-8H,1H3,(H2,20,22). The van der Waals surface area contributed by atoms with E-state index in [0.717, 1.165) is 16.1 Å². The highest BCUT2D eigenvalue weighted by atomic mass is 35.5. The van der Waals surface area contributed by atoms with Gasteiger partial charge in [-0.1, -0.05) is 11.6 Å². The van der Waals surface area contributed by atoms with Gasteiger partial charge in [0.2, 0.25) is 0 Å². The Morgan fingerprint density at radius 2 is 2.04 bits per heavy atom. The average Bonchev–Trinajstić information content (AvgIpc) is 3.01. The molecule has 0 radical (unpaired) electrons. The van der Waals surface area contributed by atoms with Crippen molar-refractivity contribution in [2.75, 3.05) is 12.8 Å². The first-order valence-corrected chi connectivity index (χ1v) is 8.38. The van der Waals surface area contributed by atoms with Crippen LogP contribution in [0.2, 0.25) is 5.02 Å². The van der Waals surface area contributed by atoms with E-state index >= 15 is 0 Å². The van der Waals surface area contributed by atoms with Crippen molar-refractivity contribution >= 4 is 50.9 Å². The van der Waals surface area contributed by atoms with E-state index in [4.69, 9.17) is 22.1 Å². The van der Waals surface area contributed by atoms with E-state index in [9.17, 15) is 14.9 Å². The molecule has 0 spiro atoms. The van der Waals surface area contributed by atoms with Gasteiger partial charge in [-0.15, -0.1) is 5.10 Å². The van der Waals surface area contributed by atoms with E-state index < -0.39 is 10.8 Å². The fourth-order valence-electron chi connectivity index (χ4n) is 2.87. The van der Waals surface area contributed by atoms with Crippen LogP contribution < -0.4 is 10.5 Å². The summed E-state index contributed by atoms with van der Waals surface area (Å²) in [6.45, 7) is 0. The van der Waals surface area contributed by atoms with Gasteiger partial charge < -0.3 is 10.5 Å². The Bertz CT molecular complexity index is 1280. The number of anilines is 1. The number of nitrogens with zero attached hydrogens (tertiary/aromatic N) is 4. The minimum absolute atomic E-state index is 0.0456. The lowest BCUT2D eigenvalue weighted by molar-refractivity contribution is -0.384. The third-order valence-electron chi connectivity index (χ3n) is 4.28. The summed E-state index contributed by atoms with van der Waals surface area (Å²) in [6.07, 6.45) is 0. The molecular weight excluding hydrogens is 386 g/mol. The SMILES string of the molecule is COc1ccc2cc3c(N)nn(C(=O)c4ccc([N+](=O)[O-])cc4Cl)c3nc2c1. The molecule has 0 unspecified atom stereocenters. The number of hydrogen-bond acceptors (Lipinski definition) is 7. The molecule has 0 aliphatic heterocycles. The number of nitro benzene ring substituents is 1. The number of pyridine rings is 1. The predicted molar refractivity (Wildman–Crippen MR) is 104 cm³/mol. The first-order chi connectivity index (χ1) is 13.4. The molecule has 0 saturated carbocycles. The van der Waals surface area contributed by atoms with Crippen LogP contribution >= 0.6 is 11.6 Å². The Kier molecular flexibility index (Phi) is 4.08. The summed E-state index contributed by atoms with van der Waals surface area (Å²) in [7, 11) is 1.54. The van der Waals surface area contributed by atoms with Crippen LogP contribution in [-0.4, -0.2) is 32.7 Å². The van der Waals surface area contributed by atoms with Gasteiger partial charge in [0, 0.05) is 23.6 Å². The van der Waals surface area contributed by atoms with Crippen LogP contribution in [0.15, 0.2) is 42.5 Å². The molecule has 10 heteroatoms. The zero-order valence-corrected chi connectivity index (χ0v) is 15.2. The highest BCUT2D eigenvalue weighted by Gasteiger charge is 2.21. The smallest absolute Gasteiger partial charge is 0.281 e. The quantitative estimate of drug-likeness (QED) is 0.414. The summed E-state index contributed by atoms with van der Waals surface area (Å²) in [5, 5.41) is 16.2. The third-order valence-corrected chi connectivity index (χ3v) is 4.59. The highest BCUT2D eigenvalue weighted by molar-refractivity contribution is 6.34. The maximum absolute atomic E-state index is 13.0. The zero-order valence-electron chi connectivity index (χ0n) is 14.4. The van der Waals surface area contributed by atoms with Gasteiger partial charge in [0.25, 0.3) is 11.6 Å². The van der Waals surface area contributed by atoms with E-state index in [1.54, 1.807) is 25.3 Å². The second kappa shape index (κ2) is 6.46. The molecular formula is C18H12ClN5O4. The maximum atomic E-state index is 13.0. The first kappa shape index (κ1) is 17.7. The van der Waals surface area contributed by atoms with Crippen molar-refractivity contribution in [3.05, 3.63) is 63.2 Å². The number of halogens is 1. The van der Waals surface area contributed by atoms with Gasteiger partial charge in [0.1, 0.15) is 5.75 Å². The zero-order chi connectivity index (χ0) is 20.0. The minimum Gasteiger partial charge on any atom is -0.497 e. The number of ether oxygens (including phenoxy) is 1. The molecule has 9 nitrogen and oxygen atoms in total.